The van der Waals surface area contributed by atoms with E-state index in [0.717, 1.165) is 25.1 Å². The highest BCUT2D eigenvalue weighted by Crippen LogP contribution is 2.21. The Morgan fingerprint density at radius 1 is 1.29 bits per heavy atom. The molecule has 1 fully saturated rings. The molecule has 7 heteroatoms. The number of rotatable bonds is 3. The zero-order valence-corrected chi connectivity index (χ0v) is 13.2. The summed E-state index contributed by atoms with van der Waals surface area (Å²) in [7, 11) is 0. The first kappa shape index (κ1) is 14.9. The van der Waals surface area contributed by atoms with Gasteiger partial charge in [-0.2, -0.15) is 10.1 Å². The number of aliphatic hydroxyl groups excluding tert-OH is 1. The quantitative estimate of drug-likeness (QED) is 0.758. The molecule has 0 aliphatic carbocycles. The van der Waals surface area contributed by atoms with Crippen LogP contribution >= 0.6 is 0 Å². The number of aromatic amines is 1. The van der Waals surface area contributed by atoms with Crippen LogP contribution < -0.4 is 10.5 Å². The normalized spacial score (nSPS) is 18.2. The first-order chi connectivity index (χ1) is 11.8. The molecule has 1 saturated heterocycles. The maximum Gasteiger partial charge on any atom is 0.263 e. The first-order valence-corrected chi connectivity index (χ1v) is 8.15. The van der Waals surface area contributed by atoms with Gasteiger partial charge in [0.25, 0.3) is 5.56 Å². The van der Waals surface area contributed by atoms with Crippen molar-refractivity contribution in [2.75, 3.05) is 24.6 Å². The van der Waals surface area contributed by atoms with E-state index in [1.807, 2.05) is 35.2 Å². The van der Waals surface area contributed by atoms with Gasteiger partial charge in [0, 0.05) is 19.7 Å². The second-order valence-electron chi connectivity index (χ2n) is 6.16. The zero-order valence-electron chi connectivity index (χ0n) is 13.2. The molecule has 0 spiro atoms. The summed E-state index contributed by atoms with van der Waals surface area (Å²) < 4.78 is 1.68. The maximum absolute atomic E-state index is 12.4. The summed E-state index contributed by atoms with van der Waals surface area (Å²) in [5, 5.41) is 14.2. The van der Waals surface area contributed by atoms with E-state index < -0.39 is 0 Å². The SMILES string of the molecule is O=c1[nH]c(N2CCCC(CO)C2)nc2c1cnn2-c1ccccc1. The van der Waals surface area contributed by atoms with Crippen molar-refractivity contribution in [2.24, 2.45) is 5.92 Å². The summed E-state index contributed by atoms with van der Waals surface area (Å²) in [5.41, 5.74) is 1.22. The van der Waals surface area contributed by atoms with Crippen LogP contribution in [0.3, 0.4) is 0 Å². The Bertz CT molecular complexity index is 902. The van der Waals surface area contributed by atoms with Crippen molar-refractivity contribution in [1.29, 1.82) is 0 Å². The fourth-order valence-electron chi connectivity index (χ4n) is 3.22. The molecule has 3 aromatic rings. The van der Waals surface area contributed by atoms with Crippen LogP contribution in [0.25, 0.3) is 16.7 Å². The second-order valence-corrected chi connectivity index (χ2v) is 6.16. The molecule has 1 atom stereocenters. The number of H-pyrrole nitrogens is 1. The molecule has 0 bridgehead atoms. The van der Waals surface area contributed by atoms with Crippen molar-refractivity contribution < 1.29 is 5.11 Å². The van der Waals surface area contributed by atoms with Gasteiger partial charge < -0.3 is 10.0 Å². The van der Waals surface area contributed by atoms with Gasteiger partial charge in [0.2, 0.25) is 5.95 Å². The predicted molar refractivity (Wildman–Crippen MR) is 91.5 cm³/mol. The van der Waals surface area contributed by atoms with Gasteiger partial charge in [-0.05, 0) is 30.9 Å². The Morgan fingerprint density at radius 3 is 2.92 bits per heavy atom. The van der Waals surface area contributed by atoms with Gasteiger partial charge in [-0.15, -0.1) is 0 Å². The molecule has 124 valence electrons. The number of anilines is 1. The molecule has 1 aliphatic heterocycles. The van der Waals surface area contributed by atoms with Crippen LogP contribution in [0.5, 0.6) is 0 Å². The van der Waals surface area contributed by atoms with Crippen LogP contribution in [0.2, 0.25) is 0 Å². The third kappa shape index (κ3) is 2.56. The standard InChI is InChI=1S/C17H19N5O2/c23-11-12-5-4-8-21(10-12)17-19-15-14(16(24)20-17)9-18-22(15)13-6-2-1-3-7-13/h1-3,6-7,9,12,23H,4-5,8,10-11H2,(H,19,20,24). The molecule has 4 rings (SSSR count). The van der Waals surface area contributed by atoms with E-state index in [-0.39, 0.29) is 18.1 Å². The van der Waals surface area contributed by atoms with E-state index in [9.17, 15) is 9.90 Å². The minimum absolute atomic E-state index is 0.158. The summed E-state index contributed by atoms with van der Waals surface area (Å²) in [4.78, 5) is 22.0. The molecule has 0 amide bonds. The lowest BCUT2D eigenvalue weighted by Gasteiger charge is -2.32. The van der Waals surface area contributed by atoms with Crippen molar-refractivity contribution >= 4 is 17.0 Å². The Kier molecular flexibility index (Phi) is 3.78. The van der Waals surface area contributed by atoms with E-state index in [1.165, 1.54) is 0 Å². The van der Waals surface area contributed by atoms with Crippen molar-refractivity contribution in [3.05, 3.63) is 46.9 Å². The average Bonchev–Trinajstić information content (AvgIpc) is 3.07. The molecule has 24 heavy (non-hydrogen) atoms. The number of piperidine rings is 1. The third-order valence-corrected chi connectivity index (χ3v) is 4.50. The molecule has 0 radical (unpaired) electrons. The molecule has 7 nitrogen and oxygen atoms in total. The highest BCUT2D eigenvalue weighted by Gasteiger charge is 2.22. The number of hydrogen-bond acceptors (Lipinski definition) is 5. The first-order valence-electron chi connectivity index (χ1n) is 8.15. The zero-order chi connectivity index (χ0) is 16.5. The van der Waals surface area contributed by atoms with Crippen LogP contribution in [-0.2, 0) is 0 Å². The van der Waals surface area contributed by atoms with Gasteiger partial charge in [-0.25, -0.2) is 4.68 Å². The lowest BCUT2D eigenvalue weighted by Crippen LogP contribution is -2.38. The number of aliphatic hydroxyl groups is 1. The highest BCUT2D eigenvalue weighted by atomic mass is 16.3. The van der Waals surface area contributed by atoms with Crippen LogP contribution in [0.1, 0.15) is 12.8 Å². The third-order valence-electron chi connectivity index (χ3n) is 4.50. The van der Waals surface area contributed by atoms with Gasteiger partial charge in [0.05, 0.1) is 11.9 Å². The maximum atomic E-state index is 12.4. The number of nitrogens with one attached hydrogen (secondary N) is 1. The van der Waals surface area contributed by atoms with E-state index >= 15 is 0 Å². The van der Waals surface area contributed by atoms with Gasteiger partial charge in [-0.3, -0.25) is 9.78 Å². The van der Waals surface area contributed by atoms with Crippen molar-refractivity contribution in [2.45, 2.75) is 12.8 Å². The fourth-order valence-corrected chi connectivity index (χ4v) is 3.22. The molecule has 2 N–H and O–H groups in total. The monoisotopic (exact) mass is 325 g/mol. The summed E-state index contributed by atoms with van der Waals surface area (Å²) in [6, 6.07) is 9.64. The van der Waals surface area contributed by atoms with E-state index in [4.69, 9.17) is 0 Å². The van der Waals surface area contributed by atoms with Crippen LogP contribution in [-0.4, -0.2) is 44.6 Å². The minimum Gasteiger partial charge on any atom is -0.396 e. The fraction of sp³-hybridized carbons (Fsp3) is 0.353. The van der Waals surface area contributed by atoms with Crippen molar-refractivity contribution in [3.63, 3.8) is 0 Å². The largest absolute Gasteiger partial charge is 0.396 e. The summed E-state index contributed by atoms with van der Waals surface area (Å²) in [6.45, 7) is 1.68. The van der Waals surface area contributed by atoms with Crippen LogP contribution in [0, 0.1) is 5.92 Å². The number of benzene rings is 1. The van der Waals surface area contributed by atoms with Crippen molar-refractivity contribution in [1.82, 2.24) is 19.7 Å². The number of nitrogens with zero attached hydrogens (tertiary/aromatic N) is 4. The molecular weight excluding hydrogens is 306 g/mol. The Hall–Kier alpha value is -2.67. The summed E-state index contributed by atoms with van der Waals surface area (Å²) >= 11 is 0. The number of hydrogen-bond donors (Lipinski definition) is 2. The Morgan fingerprint density at radius 2 is 2.12 bits per heavy atom. The van der Waals surface area contributed by atoms with E-state index in [1.54, 1.807) is 10.9 Å². The molecule has 1 unspecified atom stereocenters. The number of para-hydroxylation sites is 1. The van der Waals surface area contributed by atoms with Crippen LogP contribution in [0.4, 0.5) is 5.95 Å². The van der Waals surface area contributed by atoms with Gasteiger partial charge in [0.15, 0.2) is 5.65 Å². The lowest BCUT2D eigenvalue weighted by atomic mass is 9.99. The van der Waals surface area contributed by atoms with Gasteiger partial charge >= 0.3 is 0 Å². The Labute approximate surface area is 138 Å². The average molecular weight is 325 g/mol. The molecule has 3 heterocycles. The predicted octanol–water partition coefficient (Wildman–Crippen LogP) is 1.32. The van der Waals surface area contributed by atoms with E-state index in [2.05, 4.69) is 15.1 Å². The minimum atomic E-state index is -0.191. The van der Waals surface area contributed by atoms with Gasteiger partial charge in [-0.1, -0.05) is 18.2 Å². The lowest BCUT2D eigenvalue weighted by molar-refractivity contribution is 0.208. The summed E-state index contributed by atoms with van der Waals surface area (Å²) in [6.07, 6.45) is 3.52. The topological polar surface area (TPSA) is 87.0 Å². The van der Waals surface area contributed by atoms with Crippen molar-refractivity contribution in [3.8, 4) is 5.69 Å². The van der Waals surface area contributed by atoms with E-state index in [0.29, 0.717) is 23.5 Å². The van der Waals surface area contributed by atoms with Gasteiger partial charge in [0.1, 0.15) is 5.39 Å². The molecule has 0 saturated carbocycles. The van der Waals surface area contributed by atoms with Crippen LogP contribution in [0.15, 0.2) is 41.3 Å². The Balaban J connectivity index is 1.80. The summed E-state index contributed by atoms with van der Waals surface area (Å²) in [5.74, 6) is 0.766. The second kappa shape index (κ2) is 6.09. The number of aromatic nitrogens is 4. The number of fused-ring (bicyclic) bond motifs is 1. The molecule has 2 aromatic heterocycles. The smallest absolute Gasteiger partial charge is 0.263 e. The molecular formula is C17H19N5O2. The molecule has 1 aromatic carbocycles. The molecule has 1 aliphatic rings. The highest BCUT2D eigenvalue weighted by molar-refractivity contribution is 5.76.